The molecule has 4 aromatic rings. The number of hydrogen-bond acceptors (Lipinski definition) is 10. The zero-order valence-corrected chi connectivity index (χ0v) is 31.0. The highest BCUT2D eigenvalue weighted by molar-refractivity contribution is 7.99. The average molecular weight is 682 g/mol. The topological polar surface area (TPSA) is 124 Å². The standard InChI is InChI=1S/C34H51N7O4SSi/c1-33(2,3)22-12-13-24-23(17-22)39-26(41(24)21-42-14-16-47(6,7)8)11-9-10-15-46-18-25-28-29(45-34(4,5)44-28)32(43-25)40-20-38-27-30(35)36-19-37-31(27)40/h12-13,17,19-20,25,28-29,32H,9-11,14-16,18,21H2,1-8H3,(H2,35,36,37)/t25-,28-,29+,32-/m1/s1. The van der Waals surface area contributed by atoms with Crippen molar-refractivity contribution in [2.45, 2.75) is 122 Å². The molecule has 6 rings (SSSR count). The molecule has 1 aromatic carbocycles. The van der Waals surface area contributed by atoms with E-state index in [2.05, 4.69) is 78.1 Å². The van der Waals surface area contributed by atoms with E-state index < -0.39 is 20.1 Å². The number of anilines is 1. The summed E-state index contributed by atoms with van der Waals surface area (Å²) in [5.41, 5.74) is 10.8. The van der Waals surface area contributed by atoms with Crippen LogP contribution in [0.2, 0.25) is 25.7 Å². The minimum absolute atomic E-state index is 0.0760. The average Bonchev–Trinajstić information content (AvgIpc) is 3.72. The minimum atomic E-state index is -1.15. The second-order valence-electron chi connectivity index (χ2n) is 15.5. The minimum Gasteiger partial charge on any atom is -0.382 e. The van der Waals surface area contributed by atoms with E-state index in [1.54, 1.807) is 6.33 Å². The van der Waals surface area contributed by atoms with Crippen LogP contribution in [0, 0.1) is 0 Å². The van der Waals surface area contributed by atoms with Gasteiger partial charge >= 0.3 is 0 Å². The Balaban J connectivity index is 1.06. The van der Waals surface area contributed by atoms with Crippen molar-refractivity contribution in [3.8, 4) is 0 Å². The summed E-state index contributed by atoms with van der Waals surface area (Å²) in [6, 6.07) is 7.86. The molecule has 3 aromatic heterocycles. The molecule has 256 valence electrons. The Morgan fingerprint density at radius 1 is 1.06 bits per heavy atom. The molecule has 11 nitrogen and oxygen atoms in total. The van der Waals surface area contributed by atoms with Crippen LogP contribution in [-0.4, -0.2) is 79.4 Å². The number of rotatable bonds is 13. The van der Waals surface area contributed by atoms with Gasteiger partial charge < -0.3 is 29.2 Å². The number of fused-ring (bicyclic) bond motifs is 3. The summed E-state index contributed by atoms with van der Waals surface area (Å²) in [5.74, 6) is 2.58. The van der Waals surface area contributed by atoms with Gasteiger partial charge in [0.1, 0.15) is 36.6 Å². The molecular formula is C34H51N7O4SSi. The first kappa shape index (κ1) is 34.3. The van der Waals surface area contributed by atoms with Crippen molar-refractivity contribution in [3.05, 3.63) is 42.2 Å². The number of nitrogen functional groups attached to an aromatic ring is 1. The maximum Gasteiger partial charge on any atom is 0.167 e. The summed E-state index contributed by atoms with van der Waals surface area (Å²) in [5, 5.41) is 0. The highest BCUT2D eigenvalue weighted by atomic mass is 32.2. The van der Waals surface area contributed by atoms with Crippen LogP contribution in [0.3, 0.4) is 0 Å². The predicted molar refractivity (Wildman–Crippen MR) is 190 cm³/mol. The van der Waals surface area contributed by atoms with Gasteiger partial charge in [-0.1, -0.05) is 46.5 Å². The van der Waals surface area contributed by atoms with Crippen LogP contribution in [-0.2, 0) is 37.5 Å². The van der Waals surface area contributed by atoms with E-state index in [1.165, 1.54) is 11.9 Å². The molecule has 2 fully saturated rings. The van der Waals surface area contributed by atoms with Crippen LogP contribution < -0.4 is 5.73 Å². The number of ether oxygens (including phenoxy) is 4. The van der Waals surface area contributed by atoms with Gasteiger partial charge in [0, 0.05) is 26.9 Å². The maximum absolute atomic E-state index is 6.57. The molecule has 2 aliphatic heterocycles. The largest absolute Gasteiger partial charge is 0.382 e. The Morgan fingerprint density at radius 2 is 1.85 bits per heavy atom. The number of nitrogens with zero attached hydrogens (tertiary/aromatic N) is 6. The highest BCUT2D eigenvalue weighted by Crippen LogP contribution is 2.44. The molecule has 5 heterocycles. The number of hydrogen-bond donors (Lipinski definition) is 1. The Bertz CT molecular complexity index is 1700. The molecule has 13 heteroatoms. The first-order valence-corrected chi connectivity index (χ1v) is 21.7. The van der Waals surface area contributed by atoms with Crippen molar-refractivity contribution in [2.75, 3.05) is 23.8 Å². The number of imidazole rings is 2. The summed E-state index contributed by atoms with van der Waals surface area (Å²) in [4.78, 5) is 18.0. The molecule has 2 saturated heterocycles. The third-order valence-electron chi connectivity index (χ3n) is 8.92. The van der Waals surface area contributed by atoms with Crippen LogP contribution in [0.5, 0.6) is 0 Å². The summed E-state index contributed by atoms with van der Waals surface area (Å²) < 4.78 is 29.6. The van der Waals surface area contributed by atoms with E-state index in [9.17, 15) is 0 Å². The molecule has 0 saturated carbocycles. The summed E-state index contributed by atoms with van der Waals surface area (Å²) in [7, 11) is -1.15. The lowest BCUT2D eigenvalue weighted by molar-refractivity contribution is -0.193. The lowest BCUT2D eigenvalue weighted by Gasteiger charge is -2.24. The van der Waals surface area contributed by atoms with Gasteiger partial charge in [0.05, 0.1) is 23.5 Å². The van der Waals surface area contributed by atoms with Gasteiger partial charge in [-0.05, 0) is 61.6 Å². The number of nitrogens with two attached hydrogens (primary N) is 1. The van der Waals surface area contributed by atoms with Crippen LogP contribution in [0.4, 0.5) is 5.82 Å². The number of thioether (sulfide) groups is 1. The lowest BCUT2D eigenvalue weighted by Crippen LogP contribution is -2.31. The van der Waals surface area contributed by atoms with Crippen molar-refractivity contribution in [2.24, 2.45) is 0 Å². The number of unbranched alkanes of at least 4 members (excludes halogenated alkanes) is 1. The third kappa shape index (κ3) is 7.70. The van der Waals surface area contributed by atoms with Gasteiger partial charge in [0.2, 0.25) is 0 Å². The van der Waals surface area contributed by atoms with Crippen LogP contribution in [0.15, 0.2) is 30.9 Å². The fraction of sp³-hybridized carbons (Fsp3) is 0.647. The highest BCUT2D eigenvalue weighted by Gasteiger charge is 2.56. The van der Waals surface area contributed by atoms with Crippen LogP contribution >= 0.6 is 11.8 Å². The Morgan fingerprint density at radius 3 is 2.62 bits per heavy atom. The van der Waals surface area contributed by atoms with Gasteiger partial charge in [0.25, 0.3) is 0 Å². The van der Waals surface area contributed by atoms with E-state index >= 15 is 0 Å². The lowest BCUT2D eigenvalue weighted by atomic mass is 9.87. The van der Waals surface area contributed by atoms with Crippen molar-refractivity contribution >= 4 is 47.9 Å². The first-order valence-electron chi connectivity index (χ1n) is 16.8. The first-order chi connectivity index (χ1) is 22.2. The van der Waals surface area contributed by atoms with Gasteiger partial charge in [-0.15, -0.1) is 0 Å². The molecule has 4 atom stereocenters. The van der Waals surface area contributed by atoms with Crippen molar-refractivity contribution in [3.63, 3.8) is 0 Å². The molecule has 0 amide bonds. The molecule has 47 heavy (non-hydrogen) atoms. The van der Waals surface area contributed by atoms with Gasteiger partial charge in [-0.2, -0.15) is 11.8 Å². The molecule has 0 bridgehead atoms. The predicted octanol–water partition coefficient (Wildman–Crippen LogP) is 6.54. The van der Waals surface area contributed by atoms with Gasteiger partial charge in [0.15, 0.2) is 23.5 Å². The number of benzene rings is 1. The third-order valence-corrected chi connectivity index (χ3v) is 11.8. The molecule has 0 aliphatic carbocycles. The summed E-state index contributed by atoms with van der Waals surface area (Å²) in [6.07, 6.45) is 5.20. The SMILES string of the molecule is CC1(C)O[C@H]2[C@H](O1)[C@@H](CSCCCCc1nc3cc(C(C)(C)C)ccc3n1COCC[Si](C)(C)C)O[C@H]2n1cnc2c(N)ncnc21. The van der Waals surface area contributed by atoms with E-state index in [1.807, 2.05) is 30.2 Å². The van der Waals surface area contributed by atoms with Crippen molar-refractivity contribution in [1.29, 1.82) is 0 Å². The van der Waals surface area contributed by atoms with Gasteiger partial charge in [-0.25, -0.2) is 19.9 Å². The van der Waals surface area contributed by atoms with E-state index in [0.717, 1.165) is 60.3 Å². The smallest absolute Gasteiger partial charge is 0.167 e. The second-order valence-corrected chi connectivity index (χ2v) is 22.3. The molecule has 2 aliphatic rings. The number of aryl methyl sites for hydroxylation is 1. The van der Waals surface area contributed by atoms with Crippen LogP contribution in [0.25, 0.3) is 22.2 Å². The monoisotopic (exact) mass is 681 g/mol. The van der Waals surface area contributed by atoms with Crippen LogP contribution in [0.1, 0.15) is 65.1 Å². The quantitative estimate of drug-likeness (QED) is 0.123. The summed E-state index contributed by atoms with van der Waals surface area (Å²) in [6.45, 7) is 19.2. The van der Waals surface area contributed by atoms with Gasteiger partial charge in [-0.3, -0.25) is 4.57 Å². The molecule has 0 spiro atoms. The molecule has 0 radical (unpaired) electrons. The second kappa shape index (κ2) is 13.4. The fourth-order valence-electron chi connectivity index (χ4n) is 6.28. The molecular weight excluding hydrogens is 631 g/mol. The fourth-order valence-corrected chi connectivity index (χ4v) is 8.11. The molecule has 2 N–H and O–H groups in total. The van der Waals surface area contributed by atoms with E-state index in [4.69, 9.17) is 29.7 Å². The number of aromatic nitrogens is 6. The van der Waals surface area contributed by atoms with E-state index in [0.29, 0.717) is 23.7 Å². The summed E-state index contributed by atoms with van der Waals surface area (Å²) >= 11 is 1.89. The molecule has 0 unspecified atom stereocenters. The zero-order valence-electron chi connectivity index (χ0n) is 29.2. The van der Waals surface area contributed by atoms with E-state index in [-0.39, 0.29) is 23.7 Å². The maximum atomic E-state index is 6.57. The Hall–Kier alpha value is -2.55. The normalized spacial score (nSPS) is 22.9. The Labute approximate surface area is 283 Å². The Kier molecular flexibility index (Phi) is 9.78. The van der Waals surface area contributed by atoms with Crippen molar-refractivity contribution in [1.82, 2.24) is 29.1 Å². The van der Waals surface area contributed by atoms with Crippen molar-refractivity contribution < 1.29 is 18.9 Å². The zero-order chi connectivity index (χ0) is 33.6.